The lowest BCUT2D eigenvalue weighted by Crippen LogP contribution is -2.30. The van der Waals surface area contributed by atoms with Crippen LogP contribution in [0.2, 0.25) is 0 Å². The van der Waals surface area contributed by atoms with Crippen LogP contribution in [0.5, 0.6) is 0 Å². The Balaban J connectivity index is 4.46. The Kier molecular flexibility index (Phi) is 54.5. The number of rotatable bonds is 50. The van der Waals surface area contributed by atoms with Gasteiger partial charge in [0, 0.05) is 19.3 Å². The summed E-state index contributed by atoms with van der Waals surface area (Å²) in [5.41, 5.74) is 0. The van der Waals surface area contributed by atoms with Crippen molar-refractivity contribution >= 4 is 17.9 Å². The third-order valence-electron chi connectivity index (χ3n) is 11.6. The molecule has 400 valence electrons. The highest BCUT2D eigenvalue weighted by atomic mass is 16.6. The minimum absolute atomic E-state index is 0.104. The summed E-state index contributed by atoms with van der Waals surface area (Å²) in [5, 5.41) is 0. The van der Waals surface area contributed by atoms with Crippen molar-refractivity contribution in [1.82, 2.24) is 0 Å². The van der Waals surface area contributed by atoms with E-state index in [-0.39, 0.29) is 31.1 Å². The highest BCUT2D eigenvalue weighted by Gasteiger charge is 2.19. The topological polar surface area (TPSA) is 78.9 Å². The maximum Gasteiger partial charge on any atom is 0.306 e. The molecule has 0 amide bonds. The van der Waals surface area contributed by atoms with Gasteiger partial charge in [-0.3, -0.25) is 14.4 Å². The Morgan fingerprint density at radius 3 is 0.901 bits per heavy atom. The first kappa shape index (κ1) is 66.6. The van der Waals surface area contributed by atoms with E-state index in [1.165, 1.54) is 57.8 Å². The summed E-state index contributed by atoms with van der Waals surface area (Å²) >= 11 is 0. The fourth-order valence-corrected chi connectivity index (χ4v) is 7.36. The number of ether oxygens (including phenoxy) is 3. The van der Waals surface area contributed by atoms with Crippen molar-refractivity contribution in [3.8, 4) is 0 Å². The van der Waals surface area contributed by atoms with E-state index in [1.807, 2.05) is 0 Å². The Hall–Kier alpha value is -4.45. The third-order valence-corrected chi connectivity index (χ3v) is 11.6. The fourth-order valence-electron chi connectivity index (χ4n) is 7.36. The van der Waals surface area contributed by atoms with Crippen LogP contribution in [-0.2, 0) is 28.6 Å². The molecule has 0 bridgehead atoms. The van der Waals surface area contributed by atoms with Gasteiger partial charge in [-0.1, -0.05) is 225 Å². The summed E-state index contributed by atoms with van der Waals surface area (Å²) < 4.78 is 16.8. The second kappa shape index (κ2) is 58.1. The molecule has 1 atom stereocenters. The Morgan fingerprint density at radius 1 is 0.296 bits per heavy atom. The number of carbonyl (C=O) groups excluding carboxylic acids is 3. The van der Waals surface area contributed by atoms with E-state index in [1.54, 1.807) is 0 Å². The third kappa shape index (κ3) is 56.3. The van der Waals surface area contributed by atoms with Gasteiger partial charge in [0.15, 0.2) is 6.10 Å². The molecule has 0 radical (unpaired) electrons. The van der Waals surface area contributed by atoms with E-state index < -0.39 is 6.10 Å². The summed E-state index contributed by atoms with van der Waals surface area (Å²) in [6, 6.07) is 0. The summed E-state index contributed by atoms with van der Waals surface area (Å²) in [6.07, 6.45) is 81.6. The molecule has 1 unspecified atom stereocenters. The van der Waals surface area contributed by atoms with Crippen molar-refractivity contribution < 1.29 is 28.6 Å². The smallest absolute Gasteiger partial charge is 0.306 e. The lowest BCUT2D eigenvalue weighted by Gasteiger charge is -2.18. The number of hydrogen-bond acceptors (Lipinski definition) is 6. The number of esters is 3. The van der Waals surface area contributed by atoms with Crippen LogP contribution < -0.4 is 0 Å². The van der Waals surface area contributed by atoms with Crippen molar-refractivity contribution in [2.45, 2.75) is 245 Å². The Bertz CT molecular complexity index is 1550. The van der Waals surface area contributed by atoms with Gasteiger partial charge in [-0.05, 0) is 128 Å². The van der Waals surface area contributed by atoms with Gasteiger partial charge in [-0.2, -0.15) is 0 Å². The fraction of sp³-hybridized carbons (Fsp3) is 0.615. The van der Waals surface area contributed by atoms with Crippen molar-refractivity contribution in [2.24, 2.45) is 0 Å². The normalized spacial score (nSPS) is 13.1. The van der Waals surface area contributed by atoms with E-state index in [2.05, 4.69) is 154 Å². The zero-order chi connectivity index (χ0) is 51.4. The Labute approximate surface area is 436 Å². The lowest BCUT2D eigenvalue weighted by atomic mass is 10.1. The van der Waals surface area contributed by atoms with Crippen molar-refractivity contribution in [1.29, 1.82) is 0 Å². The lowest BCUT2D eigenvalue weighted by molar-refractivity contribution is -0.167. The first-order valence-electron chi connectivity index (χ1n) is 28.7. The van der Waals surface area contributed by atoms with Crippen molar-refractivity contribution in [3.05, 3.63) is 134 Å². The maximum absolute atomic E-state index is 12.9. The van der Waals surface area contributed by atoms with E-state index in [0.29, 0.717) is 25.7 Å². The van der Waals surface area contributed by atoms with Crippen LogP contribution in [0.3, 0.4) is 0 Å². The van der Waals surface area contributed by atoms with Gasteiger partial charge in [0.05, 0.1) is 0 Å². The minimum Gasteiger partial charge on any atom is -0.462 e. The highest BCUT2D eigenvalue weighted by Crippen LogP contribution is 2.14. The molecule has 6 nitrogen and oxygen atoms in total. The molecule has 0 aliphatic carbocycles. The van der Waals surface area contributed by atoms with Crippen LogP contribution in [-0.4, -0.2) is 37.2 Å². The molecule has 0 aromatic heterocycles. The second-order valence-electron chi connectivity index (χ2n) is 18.4. The molecule has 0 fully saturated rings. The summed E-state index contributed by atoms with van der Waals surface area (Å²) in [4.78, 5) is 38.1. The average Bonchev–Trinajstić information content (AvgIpc) is 3.37. The summed E-state index contributed by atoms with van der Waals surface area (Å²) in [7, 11) is 0. The number of hydrogen-bond donors (Lipinski definition) is 0. The monoisotopic (exact) mass is 981 g/mol. The first-order chi connectivity index (χ1) is 35.0. The molecular formula is C65H104O6. The molecule has 0 spiro atoms. The molecule has 0 saturated heterocycles. The van der Waals surface area contributed by atoms with Gasteiger partial charge in [0.1, 0.15) is 13.2 Å². The number of carbonyl (C=O) groups is 3. The highest BCUT2D eigenvalue weighted by molar-refractivity contribution is 5.71. The summed E-state index contributed by atoms with van der Waals surface area (Å²) in [5.74, 6) is -0.971. The van der Waals surface area contributed by atoms with Gasteiger partial charge in [0.2, 0.25) is 0 Å². The van der Waals surface area contributed by atoms with Gasteiger partial charge < -0.3 is 14.2 Å². The molecule has 6 heteroatoms. The SMILES string of the molecule is CC/C=C\C/C=C\C/C=C\C/C=C\C/C=C\C/C=C\CCCCC(=O)OCC(COC(=O)CCCCCCC/C=C\CCCC)OC(=O)CCCCCCCCCC/C=C\C/C=C\C/C=C\C/C=C\CC. The van der Waals surface area contributed by atoms with E-state index in [4.69, 9.17) is 14.2 Å². The number of allylic oxidation sites excluding steroid dienone is 22. The Morgan fingerprint density at radius 2 is 0.549 bits per heavy atom. The predicted octanol–water partition coefficient (Wildman–Crippen LogP) is 19.4. The van der Waals surface area contributed by atoms with Crippen LogP contribution in [0.4, 0.5) is 0 Å². The first-order valence-corrected chi connectivity index (χ1v) is 28.7. The molecule has 0 N–H and O–H groups in total. The van der Waals surface area contributed by atoms with Crippen LogP contribution in [0.1, 0.15) is 239 Å². The average molecular weight is 982 g/mol. The van der Waals surface area contributed by atoms with Crippen LogP contribution in [0.15, 0.2) is 134 Å². The molecule has 0 rings (SSSR count). The summed E-state index contributed by atoms with van der Waals surface area (Å²) in [6.45, 7) is 6.31. The van der Waals surface area contributed by atoms with E-state index in [0.717, 1.165) is 135 Å². The molecular weight excluding hydrogens is 877 g/mol. The molecule has 0 aromatic carbocycles. The predicted molar refractivity (Wildman–Crippen MR) is 306 cm³/mol. The molecule has 0 heterocycles. The molecule has 0 aliphatic rings. The van der Waals surface area contributed by atoms with Crippen LogP contribution in [0.25, 0.3) is 0 Å². The van der Waals surface area contributed by atoms with E-state index in [9.17, 15) is 14.4 Å². The minimum atomic E-state index is -0.809. The second-order valence-corrected chi connectivity index (χ2v) is 18.4. The van der Waals surface area contributed by atoms with Gasteiger partial charge in [0.25, 0.3) is 0 Å². The van der Waals surface area contributed by atoms with E-state index >= 15 is 0 Å². The van der Waals surface area contributed by atoms with Crippen LogP contribution in [0, 0.1) is 0 Å². The molecule has 71 heavy (non-hydrogen) atoms. The van der Waals surface area contributed by atoms with Crippen molar-refractivity contribution in [2.75, 3.05) is 13.2 Å². The van der Waals surface area contributed by atoms with Gasteiger partial charge >= 0.3 is 17.9 Å². The quantitative estimate of drug-likeness (QED) is 0.0262. The maximum atomic E-state index is 12.9. The van der Waals surface area contributed by atoms with Gasteiger partial charge in [-0.15, -0.1) is 0 Å². The van der Waals surface area contributed by atoms with Crippen LogP contribution >= 0.6 is 0 Å². The van der Waals surface area contributed by atoms with Crippen molar-refractivity contribution in [3.63, 3.8) is 0 Å². The molecule has 0 aromatic rings. The van der Waals surface area contributed by atoms with Gasteiger partial charge in [-0.25, -0.2) is 0 Å². The standard InChI is InChI=1S/C65H104O6/c1-4-7-10-13-16-19-22-24-26-28-30-32-34-36-38-40-43-46-49-52-55-58-64(67)70-61-62(60-69-63(66)57-54-51-48-45-42-21-18-15-12-9-6-3)71-65(68)59-56-53-50-47-44-41-39-37-35-33-31-29-27-25-23-20-17-14-11-8-5-2/h7-8,10-11,15-20,24-27,30-33,36,38,43,46,62H,4-6,9,12-14,21-23,28-29,34-35,37,39-42,44-45,47-61H2,1-3H3/b10-7-,11-8-,18-15-,19-16-,20-17-,26-24-,27-25-,32-30-,33-31-,38-36-,46-43-. The largest absolute Gasteiger partial charge is 0.462 e. The molecule has 0 aliphatic heterocycles. The molecule has 0 saturated carbocycles. The zero-order valence-corrected chi connectivity index (χ0v) is 45.7. The number of unbranched alkanes of at least 4 members (excludes halogenated alkanes) is 17. The zero-order valence-electron chi connectivity index (χ0n) is 45.7.